The molecule has 4 nitrogen and oxygen atoms in total. The first-order valence-electron chi connectivity index (χ1n) is 6.59. The molecule has 2 N–H and O–H groups in total. The molecule has 2 rings (SSSR count). The van der Waals surface area contributed by atoms with Gasteiger partial charge >= 0.3 is 0 Å². The van der Waals surface area contributed by atoms with Crippen molar-refractivity contribution in [1.82, 2.24) is 9.55 Å². The number of hydrogen-bond donors (Lipinski definition) is 1. The minimum Gasteiger partial charge on any atom is -0.491 e. The molecular formula is C15H21N3O. The molecule has 1 heterocycles. The lowest BCUT2D eigenvalue weighted by Gasteiger charge is -2.14. The third-order valence-corrected chi connectivity index (χ3v) is 3.11. The fourth-order valence-electron chi connectivity index (χ4n) is 2.25. The monoisotopic (exact) mass is 259 g/mol. The van der Waals surface area contributed by atoms with Crippen molar-refractivity contribution in [2.75, 3.05) is 13.2 Å². The largest absolute Gasteiger partial charge is 0.491 e. The third kappa shape index (κ3) is 3.58. The smallest absolute Gasteiger partial charge is 0.125 e. The minimum atomic E-state index is 0.647. The third-order valence-electron chi connectivity index (χ3n) is 3.11. The van der Waals surface area contributed by atoms with Gasteiger partial charge in [-0.05, 0) is 43.5 Å². The fraction of sp³-hybridized carbons (Fsp3) is 0.400. The maximum atomic E-state index is 5.89. The molecule has 0 amide bonds. The molecule has 2 aromatic rings. The van der Waals surface area contributed by atoms with E-state index < -0.39 is 0 Å². The van der Waals surface area contributed by atoms with E-state index in [-0.39, 0.29) is 0 Å². The SMILES string of the molecule is Cc1cc(CCN)cc(C)c1OCCn1ccnc1. The number of rotatable bonds is 6. The standard InChI is InChI=1S/C15H21N3O/c1-12-9-14(3-4-16)10-13(2)15(12)19-8-7-18-6-5-17-11-18/h5-6,9-11H,3-4,7-8,16H2,1-2H3. The van der Waals surface area contributed by atoms with Gasteiger partial charge < -0.3 is 15.0 Å². The summed E-state index contributed by atoms with van der Waals surface area (Å²) in [6, 6.07) is 4.32. The number of nitrogens with zero attached hydrogens (tertiary/aromatic N) is 2. The maximum Gasteiger partial charge on any atom is 0.125 e. The van der Waals surface area contributed by atoms with Gasteiger partial charge in [-0.1, -0.05) is 12.1 Å². The van der Waals surface area contributed by atoms with Crippen LogP contribution in [-0.2, 0) is 13.0 Å². The van der Waals surface area contributed by atoms with Crippen molar-refractivity contribution < 1.29 is 4.74 Å². The Bertz CT molecular complexity index is 497. The van der Waals surface area contributed by atoms with Crippen LogP contribution in [0, 0.1) is 13.8 Å². The lowest BCUT2D eigenvalue weighted by molar-refractivity contribution is 0.294. The van der Waals surface area contributed by atoms with E-state index in [9.17, 15) is 0 Å². The van der Waals surface area contributed by atoms with Crippen LogP contribution in [0.5, 0.6) is 5.75 Å². The Morgan fingerprint density at radius 3 is 2.58 bits per heavy atom. The van der Waals surface area contributed by atoms with Gasteiger partial charge in [0.25, 0.3) is 0 Å². The predicted molar refractivity (Wildman–Crippen MR) is 76.4 cm³/mol. The molecule has 0 aliphatic heterocycles. The molecule has 0 aliphatic carbocycles. The van der Waals surface area contributed by atoms with Crippen molar-refractivity contribution in [2.45, 2.75) is 26.8 Å². The van der Waals surface area contributed by atoms with Crippen molar-refractivity contribution in [3.05, 3.63) is 47.5 Å². The highest BCUT2D eigenvalue weighted by atomic mass is 16.5. The van der Waals surface area contributed by atoms with Gasteiger partial charge in [-0.2, -0.15) is 0 Å². The molecule has 1 aromatic carbocycles. The maximum absolute atomic E-state index is 5.89. The molecule has 0 aliphatic rings. The average Bonchev–Trinajstić information content (AvgIpc) is 2.86. The Kier molecular flexibility index (Phi) is 4.58. The zero-order valence-electron chi connectivity index (χ0n) is 11.6. The molecule has 19 heavy (non-hydrogen) atoms. The van der Waals surface area contributed by atoms with Crippen LogP contribution in [0.25, 0.3) is 0 Å². The molecule has 0 radical (unpaired) electrons. The number of ether oxygens (including phenoxy) is 1. The van der Waals surface area contributed by atoms with Gasteiger partial charge in [-0.15, -0.1) is 0 Å². The lowest BCUT2D eigenvalue weighted by Crippen LogP contribution is -2.09. The quantitative estimate of drug-likeness (QED) is 0.864. The molecule has 0 unspecified atom stereocenters. The highest BCUT2D eigenvalue weighted by molar-refractivity contribution is 5.43. The zero-order chi connectivity index (χ0) is 13.7. The number of hydrogen-bond acceptors (Lipinski definition) is 3. The van der Waals surface area contributed by atoms with Gasteiger partial charge in [0, 0.05) is 12.4 Å². The first-order chi connectivity index (χ1) is 9.20. The van der Waals surface area contributed by atoms with E-state index >= 15 is 0 Å². The van der Waals surface area contributed by atoms with Crippen molar-refractivity contribution in [1.29, 1.82) is 0 Å². The Morgan fingerprint density at radius 1 is 1.26 bits per heavy atom. The molecule has 0 saturated heterocycles. The molecule has 0 spiro atoms. The normalized spacial score (nSPS) is 10.7. The van der Waals surface area contributed by atoms with Crippen LogP contribution in [-0.4, -0.2) is 22.7 Å². The van der Waals surface area contributed by atoms with Crippen LogP contribution >= 0.6 is 0 Å². The molecule has 0 atom stereocenters. The second kappa shape index (κ2) is 6.38. The fourth-order valence-corrected chi connectivity index (χ4v) is 2.25. The summed E-state index contributed by atoms with van der Waals surface area (Å²) >= 11 is 0. The second-order valence-corrected chi connectivity index (χ2v) is 4.75. The minimum absolute atomic E-state index is 0.647. The van der Waals surface area contributed by atoms with Gasteiger partial charge in [0.15, 0.2) is 0 Å². The van der Waals surface area contributed by atoms with E-state index in [0.29, 0.717) is 13.2 Å². The van der Waals surface area contributed by atoms with Crippen molar-refractivity contribution in [2.24, 2.45) is 5.73 Å². The van der Waals surface area contributed by atoms with E-state index in [1.807, 2.05) is 10.8 Å². The Labute approximate surface area is 114 Å². The van der Waals surface area contributed by atoms with Gasteiger partial charge in [0.05, 0.1) is 12.9 Å². The van der Waals surface area contributed by atoms with Crippen LogP contribution in [0.1, 0.15) is 16.7 Å². The van der Waals surface area contributed by atoms with E-state index in [0.717, 1.165) is 18.7 Å². The van der Waals surface area contributed by atoms with E-state index in [4.69, 9.17) is 10.5 Å². The molecule has 0 saturated carbocycles. The summed E-state index contributed by atoms with van der Waals surface area (Å²) in [5.74, 6) is 0.987. The molecule has 0 fully saturated rings. The van der Waals surface area contributed by atoms with Gasteiger partial charge in [-0.25, -0.2) is 4.98 Å². The second-order valence-electron chi connectivity index (χ2n) is 4.75. The summed E-state index contributed by atoms with van der Waals surface area (Å²) in [6.45, 7) is 6.30. The van der Waals surface area contributed by atoms with Crippen LogP contribution < -0.4 is 10.5 Å². The molecule has 1 aromatic heterocycles. The summed E-state index contributed by atoms with van der Waals surface area (Å²) in [5, 5.41) is 0. The highest BCUT2D eigenvalue weighted by Gasteiger charge is 2.06. The number of benzene rings is 1. The van der Waals surface area contributed by atoms with E-state index in [1.165, 1.54) is 16.7 Å². The predicted octanol–water partition coefficient (Wildman–Crippen LogP) is 2.08. The Balaban J connectivity index is 1.99. The van der Waals surface area contributed by atoms with Crippen molar-refractivity contribution >= 4 is 0 Å². The Morgan fingerprint density at radius 2 is 2.00 bits per heavy atom. The van der Waals surface area contributed by atoms with Crippen LogP contribution in [0.2, 0.25) is 0 Å². The Hall–Kier alpha value is -1.81. The molecular weight excluding hydrogens is 238 g/mol. The van der Waals surface area contributed by atoms with Crippen molar-refractivity contribution in [3.63, 3.8) is 0 Å². The van der Waals surface area contributed by atoms with Crippen LogP contribution in [0.3, 0.4) is 0 Å². The number of imidazole rings is 1. The van der Waals surface area contributed by atoms with E-state index in [2.05, 4.69) is 31.0 Å². The van der Waals surface area contributed by atoms with Gasteiger partial charge in [-0.3, -0.25) is 0 Å². The first kappa shape index (κ1) is 13.6. The summed E-state index contributed by atoms with van der Waals surface area (Å²) in [7, 11) is 0. The zero-order valence-corrected chi connectivity index (χ0v) is 11.6. The number of aryl methyl sites for hydroxylation is 2. The molecule has 4 heteroatoms. The van der Waals surface area contributed by atoms with Crippen LogP contribution in [0.15, 0.2) is 30.9 Å². The number of aromatic nitrogens is 2. The first-order valence-corrected chi connectivity index (χ1v) is 6.59. The topological polar surface area (TPSA) is 53.1 Å². The van der Waals surface area contributed by atoms with Gasteiger partial charge in [0.2, 0.25) is 0 Å². The molecule has 0 bridgehead atoms. The lowest BCUT2D eigenvalue weighted by atomic mass is 10.0. The summed E-state index contributed by atoms with van der Waals surface area (Å²) in [6.07, 6.45) is 6.43. The highest BCUT2D eigenvalue weighted by Crippen LogP contribution is 2.25. The van der Waals surface area contributed by atoms with E-state index in [1.54, 1.807) is 12.5 Å². The summed E-state index contributed by atoms with van der Waals surface area (Å²) in [4.78, 5) is 4.01. The van der Waals surface area contributed by atoms with Crippen LogP contribution in [0.4, 0.5) is 0 Å². The van der Waals surface area contributed by atoms with Crippen molar-refractivity contribution in [3.8, 4) is 5.75 Å². The number of nitrogens with two attached hydrogens (primary N) is 1. The average molecular weight is 259 g/mol. The molecule has 102 valence electrons. The summed E-state index contributed by atoms with van der Waals surface area (Å²) in [5.41, 5.74) is 9.22. The summed E-state index contributed by atoms with van der Waals surface area (Å²) < 4.78 is 7.90. The van der Waals surface area contributed by atoms with Gasteiger partial charge in [0.1, 0.15) is 12.4 Å².